The maximum absolute atomic E-state index is 12.0. The van der Waals surface area contributed by atoms with Gasteiger partial charge < -0.3 is 10.4 Å². The fraction of sp³-hybridized carbons (Fsp3) is 0.846. The first-order valence-electron chi connectivity index (χ1n) is 6.15. The molecule has 0 radical (unpaired) electrons. The van der Waals surface area contributed by atoms with Gasteiger partial charge in [-0.2, -0.15) is 0 Å². The Hall–Kier alpha value is -1.06. The molecule has 0 aromatic carbocycles. The molecule has 0 atom stereocenters. The van der Waals surface area contributed by atoms with E-state index in [0.29, 0.717) is 0 Å². The van der Waals surface area contributed by atoms with Crippen molar-refractivity contribution in [3.8, 4) is 0 Å². The van der Waals surface area contributed by atoms with Gasteiger partial charge in [0.25, 0.3) is 0 Å². The van der Waals surface area contributed by atoms with Crippen LogP contribution in [-0.4, -0.2) is 22.5 Å². The Morgan fingerprint density at radius 2 is 1.53 bits per heavy atom. The van der Waals surface area contributed by atoms with Crippen LogP contribution in [0, 0.1) is 11.3 Å². The summed E-state index contributed by atoms with van der Waals surface area (Å²) in [5, 5.41) is 12.1. The first-order valence-corrected chi connectivity index (χ1v) is 6.15. The summed E-state index contributed by atoms with van der Waals surface area (Å²) in [5.74, 6) is -1.01. The van der Waals surface area contributed by atoms with Crippen LogP contribution in [0.5, 0.6) is 0 Å². The van der Waals surface area contributed by atoms with Crippen molar-refractivity contribution in [3.63, 3.8) is 0 Å². The van der Waals surface area contributed by atoms with Crippen LogP contribution in [0.1, 0.15) is 54.4 Å². The molecular formula is C13H25NO3. The normalized spacial score (nSPS) is 12.6. The standard InChI is InChI=1S/C13H25NO3/c1-7-9(8-2)10(15)14-13(5,6)12(3,4)11(16)17/h9H,7-8H2,1-6H3,(H,14,15)(H,16,17). The zero-order valence-electron chi connectivity index (χ0n) is 11.8. The number of carboxylic acids is 1. The molecule has 0 bridgehead atoms. The van der Waals surface area contributed by atoms with Crippen LogP contribution < -0.4 is 5.32 Å². The summed E-state index contributed by atoms with van der Waals surface area (Å²) >= 11 is 0. The quantitative estimate of drug-likeness (QED) is 0.753. The molecule has 4 nitrogen and oxygen atoms in total. The summed E-state index contributed by atoms with van der Waals surface area (Å²) in [6.45, 7) is 10.7. The lowest BCUT2D eigenvalue weighted by Gasteiger charge is -2.39. The molecule has 0 heterocycles. The van der Waals surface area contributed by atoms with Gasteiger partial charge in [-0.3, -0.25) is 9.59 Å². The minimum atomic E-state index is -1.01. The molecule has 100 valence electrons. The number of carboxylic acid groups (broad SMARTS) is 1. The predicted molar refractivity (Wildman–Crippen MR) is 67.7 cm³/mol. The lowest BCUT2D eigenvalue weighted by atomic mass is 9.74. The zero-order valence-corrected chi connectivity index (χ0v) is 11.8. The second-order valence-electron chi connectivity index (χ2n) is 5.56. The minimum absolute atomic E-state index is 0.0427. The van der Waals surface area contributed by atoms with Crippen molar-refractivity contribution in [3.05, 3.63) is 0 Å². The molecule has 0 saturated heterocycles. The van der Waals surface area contributed by atoms with Gasteiger partial charge >= 0.3 is 5.97 Å². The SMILES string of the molecule is CCC(CC)C(=O)NC(C)(C)C(C)(C)C(=O)O. The third-order valence-corrected chi connectivity index (χ3v) is 3.89. The van der Waals surface area contributed by atoms with Crippen molar-refractivity contribution in [1.29, 1.82) is 0 Å². The van der Waals surface area contributed by atoms with Crippen molar-refractivity contribution in [1.82, 2.24) is 5.32 Å². The molecular weight excluding hydrogens is 218 g/mol. The third-order valence-electron chi connectivity index (χ3n) is 3.89. The monoisotopic (exact) mass is 243 g/mol. The van der Waals surface area contributed by atoms with Crippen LogP contribution in [-0.2, 0) is 9.59 Å². The predicted octanol–water partition coefficient (Wildman–Crippen LogP) is 2.43. The van der Waals surface area contributed by atoms with E-state index in [1.165, 1.54) is 0 Å². The number of carbonyl (C=O) groups excluding carboxylic acids is 1. The topological polar surface area (TPSA) is 66.4 Å². The van der Waals surface area contributed by atoms with E-state index in [0.717, 1.165) is 12.8 Å². The number of nitrogens with one attached hydrogen (secondary N) is 1. The van der Waals surface area contributed by atoms with Crippen LogP contribution in [0.3, 0.4) is 0 Å². The van der Waals surface area contributed by atoms with Crippen molar-refractivity contribution in [2.45, 2.75) is 59.9 Å². The Morgan fingerprint density at radius 3 is 1.82 bits per heavy atom. The second kappa shape index (κ2) is 5.52. The average Bonchev–Trinajstić information content (AvgIpc) is 2.18. The molecule has 0 aliphatic rings. The molecule has 1 amide bonds. The minimum Gasteiger partial charge on any atom is -0.481 e. The number of aliphatic carboxylic acids is 1. The Bertz CT molecular complexity index is 291. The fourth-order valence-corrected chi connectivity index (χ4v) is 1.49. The number of hydrogen-bond donors (Lipinski definition) is 2. The van der Waals surface area contributed by atoms with Crippen LogP contribution in [0.15, 0.2) is 0 Å². The number of carbonyl (C=O) groups is 2. The summed E-state index contributed by atoms with van der Waals surface area (Å²) < 4.78 is 0. The number of rotatable bonds is 6. The molecule has 17 heavy (non-hydrogen) atoms. The largest absolute Gasteiger partial charge is 0.481 e. The molecule has 2 N–H and O–H groups in total. The van der Waals surface area contributed by atoms with Gasteiger partial charge in [0, 0.05) is 11.5 Å². The maximum atomic E-state index is 12.0. The van der Waals surface area contributed by atoms with Crippen LogP contribution in [0.2, 0.25) is 0 Å². The second-order valence-corrected chi connectivity index (χ2v) is 5.56. The summed E-state index contributed by atoms with van der Waals surface area (Å²) in [4.78, 5) is 23.2. The van der Waals surface area contributed by atoms with Crippen molar-refractivity contribution in [2.75, 3.05) is 0 Å². The summed E-state index contributed by atoms with van der Waals surface area (Å²) in [7, 11) is 0. The van der Waals surface area contributed by atoms with Gasteiger partial charge in [-0.05, 0) is 40.5 Å². The van der Waals surface area contributed by atoms with Gasteiger partial charge in [0.05, 0.1) is 5.41 Å². The van der Waals surface area contributed by atoms with E-state index in [-0.39, 0.29) is 11.8 Å². The zero-order chi connectivity index (χ0) is 13.9. The lowest BCUT2D eigenvalue weighted by molar-refractivity contribution is -0.152. The summed E-state index contributed by atoms with van der Waals surface area (Å²) in [5.41, 5.74) is -1.78. The van der Waals surface area contributed by atoms with Gasteiger partial charge in [-0.15, -0.1) is 0 Å². The molecule has 0 unspecified atom stereocenters. The molecule has 0 aliphatic heterocycles. The Kier molecular flexibility index (Phi) is 5.17. The van der Waals surface area contributed by atoms with Crippen LogP contribution >= 0.6 is 0 Å². The van der Waals surface area contributed by atoms with Gasteiger partial charge in [0.1, 0.15) is 0 Å². The Morgan fingerprint density at radius 1 is 1.12 bits per heavy atom. The van der Waals surface area contributed by atoms with Crippen molar-refractivity contribution >= 4 is 11.9 Å². The van der Waals surface area contributed by atoms with E-state index in [4.69, 9.17) is 0 Å². The van der Waals surface area contributed by atoms with E-state index in [1.807, 2.05) is 13.8 Å². The summed E-state index contributed by atoms with van der Waals surface area (Å²) in [6.07, 6.45) is 1.54. The van der Waals surface area contributed by atoms with E-state index in [2.05, 4.69) is 5.32 Å². The molecule has 0 fully saturated rings. The van der Waals surface area contributed by atoms with E-state index < -0.39 is 16.9 Å². The van der Waals surface area contributed by atoms with E-state index in [9.17, 15) is 14.7 Å². The molecule has 0 rings (SSSR count). The van der Waals surface area contributed by atoms with Crippen LogP contribution in [0.4, 0.5) is 0 Å². The smallest absolute Gasteiger partial charge is 0.311 e. The molecule has 0 spiro atoms. The third kappa shape index (κ3) is 3.45. The van der Waals surface area contributed by atoms with E-state index in [1.54, 1.807) is 27.7 Å². The van der Waals surface area contributed by atoms with Crippen LogP contribution in [0.25, 0.3) is 0 Å². The summed E-state index contributed by atoms with van der Waals surface area (Å²) in [6, 6.07) is 0. The van der Waals surface area contributed by atoms with Gasteiger partial charge in [-0.25, -0.2) is 0 Å². The fourth-order valence-electron chi connectivity index (χ4n) is 1.49. The molecule has 0 aromatic heterocycles. The Balaban J connectivity index is 4.87. The molecule has 0 aliphatic carbocycles. The highest BCUT2D eigenvalue weighted by atomic mass is 16.4. The number of hydrogen-bond acceptors (Lipinski definition) is 2. The molecule has 0 saturated carbocycles. The maximum Gasteiger partial charge on any atom is 0.311 e. The highest BCUT2D eigenvalue weighted by Gasteiger charge is 2.44. The first-order chi connectivity index (χ1) is 7.60. The van der Waals surface area contributed by atoms with E-state index >= 15 is 0 Å². The highest BCUT2D eigenvalue weighted by molar-refractivity contribution is 5.82. The van der Waals surface area contributed by atoms with Crippen molar-refractivity contribution in [2.24, 2.45) is 11.3 Å². The molecule has 0 aromatic rings. The lowest BCUT2D eigenvalue weighted by Crippen LogP contribution is -2.58. The Labute approximate surface area is 104 Å². The van der Waals surface area contributed by atoms with Gasteiger partial charge in [0.15, 0.2) is 0 Å². The first kappa shape index (κ1) is 15.9. The average molecular weight is 243 g/mol. The van der Waals surface area contributed by atoms with Crippen molar-refractivity contribution < 1.29 is 14.7 Å². The highest BCUT2D eigenvalue weighted by Crippen LogP contribution is 2.31. The van der Waals surface area contributed by atoms with Gasteiger partial charge in [-0.1, -0.05) is 13.8 Å². The molecule has 4 heteroatoms. The number of amides is 1. The van der Waals surface area contributed by atoms with Gasteiger partial charge in [0.2, 0.25) is 5.91 Å².